The molecule has 1 rings (SSSR count). The summed E-state index contributed by atoms with van der Waals surface area (Å²) in [6, 6.07) is 11.1. The second-order valence-electron chi connectivity index (χ2n) is 3.99. The normalized spacial score (nSPS) is 12.5. The Kier molecular flexibility index (Phi) is 5.19. The fourth-order valence-electron chi connectivity index (χ4n) is 1.79. The molecule has 1 aromatic rings. The van der Waals surface area contributed by atoms with Gasteiger partial charge in [0.15, 0.2) is 0 Å². The molecule has 0 amide bonds. The van der Waals surface area contributed by atoms with Crippen LogP contribution in [0.1, 0.15) is 19.8 Å². The van der Waals surface area contributed by atoms with Crippen LogP contribution in [-0.2, 0) is 0 Å². The zero-order valence-corrected chi connectivity index (χ0v) is 10.0. The third-order valence-corrected chi connectivity index (χ3v) is 2.74. The van der Waals surface area contributed by atoms with Crippen LogP contribution in [0.3, 0.4) is 0 Å². The summed E-state index contributed by atoms with van der Waals surface area (Å²) in [5.74, 6) is 0. The predicted octanol–water partition coefficient (Wildman–Crippen LogP) is 2.51. The van der Waals surface area contributed by atoms with E-state index >= 15 is 0 Å². The summed E-state index contributed by atoms with van der Waals surface area (Å²) in [7, 11) is 4.19. The van der Waals surface area contributed by atoms with Crippen molar-refractivity contribution in [1.82, 2.24) is 5.32 Å². The molecule has 1 aromatic carbocycles. The Morgan fingerprint density at radius 2 is 1.93 bits per heavy atom. The molecule has 2 heteroatoms. The Morgan fingerprint density at radius 3 is 2.47 bits per heavy atom. The number of likely N-dealkylation sites (N-methyl/N-ethyl adjacent to an activating group) is 2. The van der Waals surface area contributed by atoms with E-state index in [1.54, 1.807) is 0 Å². The first-order chi connectivity index (χ1) is 7.27. The van der Waals surface area contributed by atoms with Gasteiger partial charge in [-0.1, -0.05) is 31.5 Å². The van der Waals surface area contributed by atoms with Crippen LogP contribution in [0.5, 0.6) is 0 Å². The molecular weight excluding hydrogens is 184 g/mol. The fourth-order valence-corrected chi connectivity index (χ4v) is 1.79. The number of rotatable bonds is 6. The molecule has 0 aliphatic carbocycles. The Labute approximate surface area is 93.3 Å². The van der Waals surface area contributed by atoms with Crippen molar-refractivity contribution in [3.8, 4) is 0 Å². The number of hydrogen-bond acceptors (Lipinski definition) is 2. The topological polar surface area (TPSA) is 15.3 Å². The Balaban J connectivity index is 2.50. The van der Waals surface area contributed by atoms with E-state index in [0.29, 0.717) is 6.04 Å². The van der Waals surface area contributed by atoms with Crippen LogP contribution in [0.15, 0.2) is 30.3 Å². The zero-order chi connectivity index (χ0) is 11.1. The minimum absolute atomic E-state index is 0.584. The largest absolute Gasteiger partial charge is 0.373 e. The van der Waals surface area contributed by atoms with Crippen molar-refractivity contribution in [1.29, 1.82) is 0 Å². The monoisotopic (exact) mass is 206 g/mol. The van der Waals surface area contributed by atoms with Gasteiger partial charge in [0.2, 0.25) is 0 Å². The van der Waals surface area contributed by atoms with E-state index in [0.717, 1.165) is 6.54 Å². The lowest BCUT2D eigenvalue weighted by Crippen LogP contribution is -2.37. The summed E-state index contributed by atoms with van der Waals surface area (Å²) in [6.45, 7) is 3.29. The van der Waals surface area contributed by atoms with Crippen molar-refractivity contribution in [2.75, 3.05) is 25.5 Å². The van der Waals surface area contributed by atoms with Crippen molar-refractivity contribution >= 4 is 5.69 Å². The second kappa shape index (κ2) is 6.46. The van der Waals surface area contributed by atoms with Crippen LogP contribution in [0.25, 0.3) is 0 Å². The highest BCUT2D eigenvalue weighted by molar-refractivity contribution is 5.45. The van der Waals surface area contributed by atoms with Crippen molar-refractivity contribution < 1.29 is 0 Å². The van der Waals surface area contributed by atoms with Gasteiger partial charge in [-0.15, -0.1) is 0 Å². The molecule has 0 bridgehead atoms. The van der Waals surface area contributed by atoms with E-state index < -0.39 is 0 Å². The summed E-state index contributed by atoms with van der Waals surface area (Å²) in [6.07, 6.45) is 2.46. The summed E-state index contributed by atoms with van der Waals surface area (Å²) in [4.78, 5) is 2.30. The molecule has 15 heavy (non-hydrogen) atoms. The molecular formula is C13H22N2. The molecule has 1 atom stereocenters. The molecule has 0 heterocycles. The molecule has 0 saturated carbocycles. The molecule has 0 fully saturated rings. The highest BCUT2D eigenvalue weighted by Crippen LogP contribution is 2.12. The lowest BCUT2D eigenvalue weighted by molar-refractivity contribution is 0.516. The third-order valence-electron chi connectivity index (χ3n) is 2.74. The molecule has 0 aliphatic rings. The maximum absolute atomic E-state index is 3.36. The van der Waals surface area contributed by atoms with Crippen LogP contribution in [0, 0.1) is 0 Å². The van der Waals surface area contributed by atoms with Gasteiger partial charge >= 0.3 is 0 Å². The SMILES string of the molecule is CCCC(CN(C)c1ccccc1)NC. The van der Waals surface area contributed by atoms with Gasteiger partial charge in [-0.25, -0.2) is 0 Å². The second-order valence-corrected chi connectivity index (χ2v) is 3.99. The number of para-hydroxylation sites is 1. The van der Waals surface area contributed by atoms with Crippen molar-refractivity contribution in [3.63, 3.8) is 0 Å². The highest BCUT2D eigenvalue weighted by atomic mass is 15.1. The minimum atomic E-state index is 0.584. The molecule has 2 nitrogen and oxygen atoms in total. The molecule has 1 unspecified atom stereocenters. The maximum atomic E-state index is 3.36. The molecule has 0 spiro atoms. The van der Waals surface area contributed by atoms with Gasteiger partial charge in [0.05, 0.1) is 0 Å². The Bertz CT molecular complexity index is 258. The van der Waals surface area contributed by atoms with E-state index in [4.69, 9.17) is 0 Å². The van der Waals surface area contributed by atoms with E-state index in [1.165, 1.54) is 18.5 Å². The fraction of sp³-hybridized carbons (Fsp3) is 0.538. The number of nitrogens with zero attached hydrogens (tertiary/aromatic N) is 1. The molecule has 84 valence electrons. The molecule has 0 aromatic heterocycles. The van der Waals surface area contributed by atoms with Crippen LogP contribution in [-0.4, -0.2) is 26.7 Å². The number of hydrogen-bond donors (Lipinski definition) is 1. The van der Waals surface area contributed by atoms with Gasteiger partial charge in [0, 0.05) is 25.3 Å². The zero-order valence-electron chi connectivity index (χ0n) is 10.0. The van der Waals surface area contributed by atoms with Gasteiger partial charge in [-0.2, -0.15) is 0 Å². The molecule has 0 aliphatic heterocycles. The van der Waals surface area contributed by atoms with E-state index in [2.05, 4.69) is 54.5 Å². The highest BCUT2D eigenvalue weighted by Gasteiger charge is 2.08. The van der Waals surface area contributed by atoms with Gasteiger partial charge in [-0.3, -0.25) is 0 Å². The van der Waals surface area contributed by atoms with Crippen LogP contribution in [0.2, 0.25) is 0 Å². The summed E-state index contributed by atoms with van der Waals surface area (Å²) >= 11 is 0. The van der Waals surface area contributed by atoms with E-state index in [9.17, 15) is 0 Å². The summed E-state index contributed by atoms with van der Waals surface area (Å²) < 4.78 is 0. The average molecular weight is 206 g/mol. The van der Waals surface area contributed by atoms with Gasteiger partial charge in [0.25, 0.3) is 0 Å². The lowest BCUT2D eigenvalue weighted by atomic mass is 10.1. The third kappa shape index (κ3) is 3.92. The maximum Gasteiger partial charge on any atom is 0.0364 e. The molecule has 0 radical (unpaired) electrons. The minimum Gasteiger partial charge on any atom is -0.373 e. The summed E-state index contributed by atoms with van der Waals surface area (Å²) in [5.41, 5.74) is 1.29. The number of benzene rings is 1. The average Bonchev–Trinajstić information content (AvgIpc) is 2.29. The standard InChI is InChI=1S/C13H22N2/c1-4-8-12(14-2)11-15(3)13-9-6-5-7-10-13/h5-7,9-10,12,14H,4,8,11H2,1-3H3. The van der Waals surface area contributed by atoms with E-state index in [1.807, 2.05) is 7.05 Å². The van der Waals surface area contributed by atoms with E-state index in [-0.39, 0.29) is 0 Å². The summed E-state index contributed by atoms with van der Waals surface area (Å²) in [5, 5.41) is 3.36. The molecule has 0 saturated heterocycles. The Morgan fingerprint density at radius 1 is 1.27 bits per heavy atom. The predicted molar refractivity (Wildman–Crippen MR) is 67.5 cm³/mol. The van der Waals surface area contributed by atoms with Gasteiger partial charge < -0.3 is 10.2 Å². The van der Waals surface area contributed by atoms with Crippen molar-refractivity contribution in [2.45, 2.75) is 25.8 Å². The number of anilines is 1. The Hall–Kier alpha value is -1.02. The van der Waals surface area contributed by atoms with Gasteiger partial charge in [-0.05, 0) is 25.6 Å². The van der Waals surface area contributed by atoms with Crippen LogP contribution >= 0.6 is 0 Å². The smallest absolute Gasteiger partial charge is 0.0364 e. The quantitative estimate of drug-likeness (QED) is 0.769. The van der Waals surface area contributed by atoms with Crippen LogP contribution < -0.4 is 10.2 Å². The van der Waals surface area contributed by atoms with Crippen LogP contribution in [0.4, 0.5) is 5.69 Å². The lowest BCUT2D eigenvalue weighted by Gasteiger charge is -2.25. The first kappa shape index (κ1) is 12.1. The number of nitrogens with one attached hydrogen (secondary N) is 1. The van der Waals surface area contributed by atoms with Gasteiger partial charge in [0.1, 0.15) is 0 Å². The first-order valence-corrected chi connectivity index (χ1v) is 5.71. The first-order valence-electron chi connectivity index (χ1n) is 5.71. The van der Waals surface area contributed by atoms with Crippen molar-refractivity contribution in [3.05, 3.63) is 30.3 Å². The van der Waals surface area contributed by atoms with Crippen molar-refractivity contribution in [2.24, 2.45) is 0 Å². The molecule has 1 N–H and O–H groups in total.